The van der Waals surface area contributed by atoms with E-state index in [-0.39, 0.29) is 5.56 Å². The number of nitrogens with zero attached hydrogens (tertiary/aromatic N) is 2. The zero-order valence-electron chi connectivity index (χ0n) is 12.8. The van der Waals surface area contributed by atoms with Crippen molar-refractivity contribution in [2.45, 2.75) is 40.2 Å². The van der Waals surface area contributed by atoms with Crippen LogP contribution in [0, 0.1) is 5.92 Å². The SMILES string of the molecule is CCCc1ccc(-c2nn(CC(C)C)cc2C(=O)O)cc1. The Hall–Kier alpha value is -2.10. The molecule has 0 aliphatic carbocycles. The summed E-state index contributed by atoms with van der Waals surface area (Å²) in [5.41, 5.74) is 2.93. The van der Waals surface area contributed by atoms with Crippen molar-refractivity contribution in [3.8, 4) is 11.3 Å². The van der Waals surface area contributed by atoms with Crippen molar-refractivity contribution < 1.29 is 9.90 Å². The Kier molecular flexibility index (Phi) is 4.78. The minimum Gasteiger partial charge on any atom is -0.478 e. The summed E-state index contributed by atoms with van der Waals surface area (Å²) in [5, 5.41) is 13.8. The number of benzene rings is 1. The number of aromatic carboxylic acids is 1. The molecule has 0 saturated carbocycles. The summed E-state index contributed by atoms with van der Waals surface area (Å²) in [6, 6.07) is 8.01. The van der Waals surface area contributed by atoms with Crippen molar-refractivity contribution in [3.05, 3.63) is 41.6 Å². The van der Waals surface area contributed by atoms with Crippen molar-refractivity contribution in [1.29, 1.82) is 0 Å². The van der Waals surface area contributed by atoms with Gasteiger partial charge in [0, 0.05) is 18.3 Å². The van der Waals surface area contributed by atoms with E-state index in [1.165, 1.54) is 5.56 Å². The van der Waals surface area contributed by atoms with Crippen LogP contribution in [0.5, 0.6) is 0 Å². The summed E-state index contributed by atoms with van der Waals surface area (Å²) in [5.74, 6) is -0.510. The number of carbonyl (C=O) groups is 1. The molecule has 1 aromatic carbocycles. The number of carboxylic acids is 1. The number of aryl methyl sites for hydroxylation is 1. The Morgan fingerprint density at radius 2 is 1.95 bits per heavy atom. The van der Waals surface area contributed by atoms with E-state index in [9.17, 15) is 9.90 Å². The molecule has 0 unspecified atom stereocenters. The summed E-state index contributed by atoms with van der Waals surface area (Å²) < 4.78 is 1.73. The van der Waals surface area contributed by atoms with Gasteiger partial charge >= 0.3 is 5.97 Å². The van der Waals surface area contributed by atoms with Gasteiger partial charge in [-0.05, 0) is 17.9 Å². The van der Waals surface area contributed by atoms with E-state index < -0.39 is 5.97 Å². The average Bonchev–Trinajstić information content (AvgIpc) is 2.83. The van der Waals surface area contributed by atoms with Crippen molar-refractivity contribution in [1.82, 2.24) is 9.78 Å². The van der Waals surface area contributed by atoms with E-state index in [1.54, 1.807) is 10.9 Å². The normalized spacial score (nSPS) is 11.0. The van der Waals surface area contributed by atoms with Crippen molar-refractivity contribution in [2.24, 2.45) is 5.92 Å². The van der Waals surface area contributed by atoms with Crippen LogP contribution in [-0.4, -0.2) is 20.9 Å². The van der Waals surface area contributed by atoms with Crippen molar-refractivity contribution in [3.63, 3.8) is 0 Å². The molecule has 1 heterocycles. The molecule has 0 fully saturated rings. The summed E-state index contributed by atoms with van der Waals surface area (Å²) in [4.78, 5) is 11.4. The topological polar surface area (TPSA) is 55.1 Å². The molecule has 0 aliphatic rings. The molecule has 1 aromatic heterocycles. The first-order valence-corrected chi connectivity index (χ1v) is 7.41. The van der Waals surface area contributed by atoms with Gasteiger partial charge in [0.15, 0.2) is 0 Å². The molecule has 4 nitrogen and oxygen atoms in total. The second kappa shape index (κ2) is 6.57. The first-order valence-electron chi connectivity index (χ1n) is 7.41. The van der Waals surface area contributed by atoms with E-state index in [0.29, 0.717) is 18.2 Å². The Bertz CT molecular complexity index is 612. The molecular formula is C17H22N2O2. The molecule has 0 bridgehead atoms. The fourth-order valence-corrected chi connectivity index (χ4v) is 2.38. The lowest BCUT2D eigenvalue weighted by Crippen LogP contribution is -2.04. The van der Waals surface area contributed by atoms with Crippen LogP contribution in [-0.2, 0) is 13.0 Å². The molecule has 0 atom stereocenters. The molecule has 0 spiro atoms. The van der Waals surface area contributed by atoms with Crippen LogP contribution in [0.3, 0.4) is 0 Å². The minimum atomic E-state index is -0.933. The third-order valence-corrected chi connectivity index (χ3v) is 3.31. The highest BCUT2D eigenvalue weighted by Crippen LogP contribution is 2.23. The van der Waals surface area contributed by atoms with Gasteiger partial charge in [0.25, 0.3) is 0 Å². The smallest absolute Gasteiger partial charge is 0.339 e. The summed E-state index contributed by atoms with van der Waals surface area (Å²) in [6.07, 6.45) is 3.76. The van der Waals surface area contributed by atoms with Gasteiger partial charge in [-0.2, -0.15) is 5.10 Å². The Morgan fingerprint density at radius 1 is 1.29 bits per heavy atom. The molecular weight excluding hydrogens is 264 g/mol. The maximum Gasteiger partial charge on any atom is 0.339 e. The van der Waals surface area contributed by atoms with Gasteiger partial charge in [-0.1, -0.05) is 51.5 Å². The highest BCUT2D eigenvalue weighted by atomic mass is 16.4. The van der Waals surface area contributed by atoms with Crippen molar-refractivity contribution >= 4 is 5.97 Å². The largest absolute Gasteiger partial charge is 0.478 e. The molecule has 4 heteroatoms. The maximum absolute atomic E-state index is 11.4. The van der Waals surface area contributed by atoms with E-state index in [4.69, 9.17) is 0 Å². The molecule has 0 saturated heterocycles. The monoisotopic (exact) mass is 286 g/mol. The van der Waals surface area contributed by atoms with Crippen LogP contribution in [0.2, 0.25) is 0 Å². The molecule has 21 heavy (non-hydrogen) atoms. The zero-order valence-corrected chi connectivity index (χ0v) is 12.8. The van der Waals surface area contributed by atoms with Gasteiger partial charge in [0.2, 0.25) is 0 Å². The van der Waals surface area contributed by atoms with Crippen molar-refractivity contribution in [2.75, 3.05) is 0 Å². The lowest BCUT2D eigenvalue weighted by atomic mass is 10.0. The quantitative estimate of drug-likeness (QED) is 0.877. The fourth-order valence-electron chi connectivity index (χ4n) is 2.38. The van der Waals surface area contributed by atoms with Gasteiger partial charge < -0.3 is 5.11 Å². The Balaban J connectivity index is 2.36. The molecule has 112 valence electrons. The minimum absolute atomic E-state index is 0.263. The highest BCUT2D eigenvalue weighted by molar-refractivity contribution is 5.94. The van der Waals surface area contributed by atoms with Crippen LogP contribution >= 0.6 is 0 Å². The average molecular weight is 286 g/mol. The van der Waals surface area contributed by atoms with Crippen LogP contribution in [0.15, 0.2) is 30.5 Å². The molecule has 1 N–H and O–H groups in total. The molecule has 0 radical (unpaired) electrons. The van der Waals surface area contributed by atoms with Crippen LogP contribution < -0.4 is 0 Å². The van der Waals surface area contributed by atoms with E-state index in [1.807, 2.05) is 24.3 Å². The van der Waals surface area contributed by atoms with Gasteiger partial charge in [0.1, 0.15) is 11.3 Å². The first kappa shape index (κ1) is 15.3. The predicted octanol–water partition coefficient (Wildman–Crippen LogP) is 3.86. The standard InChI is InChI=1S/C17H22N2O2/c1-4-5-13-6-8-14(9-7-13)16-15(17(20)21)11-19(18-16)10-12(2)3/h6-9,11-12H,4-5,10H2,1-3H3,(H,20,21). The van der Waals surface area contributed by atoms with Crippen LogP contribution in [0.1, 0.15) is 43.1 Å². The van der Waals surface area contributed by atoms with E-state index in [0.717, 1.165) is 18.4 Å². The highest BCUT2D eigenvalue weighted by Gasteiger charge is 2.17. The second-order valence-electron chi connectivity index (χ2n) is 5.76. The molecule has 0 amide bonds. The first-order chi connectivity index (χ1) is 10.0. The summed E-state index contributed by atoms with van der Waals surface area (Å²) in [7, 11) is 0. The second-order valence-corrected chi connectivity index (χ2v) is 5.76. The predicted molar refractivity (Wildman–Crippen MR) is 83.5 cm³/mol. The van der Waals surface area contributed by atoms with Gasteiger partial charge in [-0.15, -0.1) is 0 Å². The third-order valence-electron chi connectivity index (χ3n) is 3.31. The van der Waals surface area contributed by atoms with Crippen LogP contribution in [0.4, 0.5) is 0 Å². The lowest BCUT2D eigenvalue weighted by Gasteiger charge is -2.04. The van der Waals surface area contributed by atoms with E-state index >= 15 is 0 Å². The molecule has 2 aromatic rings. The summed E-state index contributed by atoms with van der Waals surface area (Å²) in [6.45, 7) is 7.03. The van der Waals surface area contributed by atoms with Gasteiger partial charge in [-0.25, -0.2) is 4.79 Å². The number of carboxylic acid groups (broad SMARTS) is 1. The fraction of sp³-hybridized carbons (Fsp3) is 0.412. The molecule has 2 rings (SSSR count). The number of hydrogen-bond acceptors (Lipinski definition) is 2. The van der Waals surface area contributed by atoms with Gasteiger partial charge in [0.05, 0.1) is 0 Å². The van der Waals surface area contributed by atoms with Crippen LogP contribution in [0.25, 0.3) is 11.3 Å². The number of aromatic nitrogens is 2. The van der Waals surface area contributed by atoms with E-state index in [2.05, 4.69) is 25.9 Å². The number of hydrogen-bond donors (Lipinski definition) is 1. The Labute approximate surface area is 125 Å². The van der Waals surface area contributed by atoms with Gasteiger partial charge in [-0.3, -0.25) is 4.68 Å². The number of rotatable bonds is 6. The maximum atomic E-state index is 11.4. The lowest BCUT2D eigenvalue weighted by molar-refractivity contribution is 0.0697. The zero-order chi connectivity index (χ0) is 15.4. The summed E-state index contributed by atoms with van der Waals surface area (Å²) >= 11 is 0. The third kappa shape index (κ3) is 3.72. The molecule has 0 aliphatic heterocycles. The Morgan fingerprint density at radius 3 is 2.48 bits per heavy atom.